The molecule has 0 aliphatic carbocycles. The fourth-order valence-electron chi connectivity index (χ4n) is 3.11. The first-order chi connectivity index (χ1) is 15.5. The van der Waals surface area contributed by atoms with Crippen LogP contribution in [0.5, 0.6) is 11.5 Å². The lowest BCUT2D eigenvalue weighted by Crippen LogP contribution is -2.03. The number of methoxy groups -OCH3 is 2. The number of carbonyl (C=O) groups excluding carboxylic acids is 1. The number of ether oxygens (including phenoxy) is 2. The second-order valence-corrected chi connectivity index (χ2v) is 8.31. The highest BCUT2D eigenvalue weighted by molar-refractivity contribution is 7.21. The summed E-state index contributed by atoms with van der Waals surface area (Å²) < 4.78 is 10.7. The molecular formula is C21H17Cl2N5O3S. The average Bonchev–Trinajstić information content (AvgIpc) is 3.19. The number of nitrogens with zero attached hydrogens (tertiary/aromatic N) is 3. The molecule has 0 saturated carbocycles. The van der Waals surface area contributed by atoms with Gasteiger partial charge in [0.2, 0.25) is 12.4 Å². The van der Waals surface area contributed by atoms with Crippen LogP contribution in [0.25, 0.3) is 20.9 Å². The highest BCUT2D eigenvalue weighted by Crippen LogP contribution is 2.47. The van der Waals surface area contributed by atoms with E-state index in [9.17, 15) is 4.79 Å². The van der Waals surface area contributed by atoms with Gasteiger partial charge in [-0.1, -0.05) is 46.7 Å². The Morgan fingerprint density at radius 3 is 2.47 bits per heavy atom. The summed E-state index contributed by atoms with van der Waals surface area (Å²) in [7, 11) is 3.03. The number of anilines is 3. The maximum absolute atomic E-state index is 10.9. The lowest BCUT2D eigenvalue weighted by atomic mass is 10.1. The predicted octanol–water partition coefficient (Wildman–Crippen LogP) is 5.70. The number of thiazole rings is 1. The maximum atomic E-state index is 10.9. The van der Waals surface area contributed by atoms with Crippen LogP contribution in [0.4, 0.5) is 17.3 Å². The van der Waals surface area contributed by atoms with Crippen molar-refractivity contribution in [1.82, 2.24) is 15.0 Å². The molecule has 11 heteroatoms. The third kappa shape index (κ3) is 4.02. The van der Waals surface area contributed by atoms with Crippen LogP contribution in [-0.4, -0.2) is 35.6 Å². The van der Waals surface area contributed by atoms with E-state index >= 15 is 0 Å². The molecule has 0 spiro atoms. The van der Waals surface area contributed by atoms with Gasteiger partial charge in [-0.15, -0.1) is 0 Å². The van der Waals surface area contributed by atoms with Crippen molar-refractivity contribution in [2.24, 2.45) is 0 Å². The summed E-state index contributed by atoms with van der Waals surface area (Å²) in [5.74, 6) is 1.20. The number of carbonyl (C=O) groups is 1. The Labute approximate surface area is 197 Å². The first kappa shape index (κ1) is 22.1. The van der Waals surface area contributed by atoms with Crippen LogP contribution >= 0.6 is 34.5 Å². The number of hydrogen-bond donors (Lipinski definition) is 2. The number of hydrogen-bond acceptors (Lipinski definition) is 8. The van der Waals surface area contributed by atoms with Crippen molar-refractivity contribution in [2.45, 2.75) is 6.92 Å². The Morgan fingerprint density at radius 1 is 1.09 bits per heavy atom. The van der Waals surface area contributed by atoms with Crippen LogP contribution < -0.4 is 20.1 Å². The molecule has 164 valence electrons. The van der Waals surface area contributed by atoms with Crippen molar-refractivity contribution in [3.8, 4) is 22.1 Å². The molecule has 1 amide bonds. The Balaban J connectivity index is 1.77. The Bertz CT molecular complexity index is 1300. The lowest BCUT2D eigenvalue weighted by molar-refractivity contribution is -0.105. The van der Waals surface area contributed by atoms with E-state index in [4.69, 9.17) is 32.7 Å². The number of aryl methyl sites for hydroxylation is 1. The van der Waals surface area contributed by atoms with Gasteiger partial charge in [0, 0.05) is 6.07 Å². The summed E-state index contributed by atoms with van der Waals surface area (Å²) in [4.78, 5) is 25.1. The van der Waals surface area contributed by atoms with E-state index in [1.165, 1.54) is 25.6 Å². The molecule has 2 aromatic heterocycles. The summed E-state index contributed by atoms with van der Waals surface area (Å²) >= 11 is 14.4. The first-order valence-electron chi connectivity index (χ1n) is 9.27. The monoisotopic (exact) mass is 489 g/mol. The maximum Gasteiger partial charge on any atom is 0.228 e. The van der Waals surface area contributed by atoms with Crippen molar-refractivity contribution in [2.75, 3.05) is 24.9 Å². The molecule has 0 fully saturated rings. The average molecular weight is 490 g/mol. The molecular weight excluding hydrogens is 473 g/mol. The minimum absolute atomic E-state index is 0.327. The fourth-order valence-corrected chi connectivity index (χ4v) is 4.87. The molecule has 0 radical (unpaired) electrons. The smallest absolute Gasteiger partial charge is 0.228 e. The second-order valence-electron chi connectivity index (χ2n) is 6.57. The molecule has 8 nitrogen and oxygen atoms in total. The molecule has 4 aromatic rings. The van der Waals surface area contributed by atoms with E-state index in [2.05, 4.69) is 25.6 Å². The molecule has 32 heavy (non-hydrogen) atoms. The molecule has 2 heterocycles. The number of halogens is 2. The molecule has 2 aromatic carbocycles. The number of aromatic nitrogens is 3. The van der Waals surface area contributed by atoms with Crippen LogP contribution in [0.3, 0.4) is 0 Å². The highest BCUT2D eigenvalue weighted by atomic mass is 35.5. The van der Waals surface area contributed by atoms with E-state index in [0.29, 0.717) is 66.2 Å². The SMILES string of the molecule is COc1cc(OC)c(Cl)c(-c2nc3cnc(Nc4c(C)cccc4NC=O)nc3s2)c1Cl. The van der Waals surface area contributed by atoms with Crippen molar-refractivity contribution >= 4 is 68.6 Å². The summed E-state index contributed by atoms with van der Waals surface area (Å²) in [5.41, 5.74) is 3.33. The van der Waals surface area contributed by atoms with E-state index in [1.54, 1.807) is 18.3 Å². The third-order valence-electron chi connectivity index (χ3n) is 4.66. The number of amides is 1. The Hall–Kier alpha value is -3.14. The van der Waals surface area contributed by atoms with Gasteiger partial charge in [-0.25, -0.2) is 9.97 Å². The van der Waals surface area contributed by atoms with Gasteiger partial charge in [-0.3, -0.25) is 4.79 Å². The molecule has 0 atom stereocenters. The fraction of sp³-hybridized carbons (Fsp3) is 0.143. The van der Waals surface area contributed by atoms with Crippen molar-refractivity contribution in [1.29, 1.82) is 0 Å². The number of fused-ring (bicyclic) bond motifs is 1. The van der Waals surface area contributed by atoms with Crippen molar-refractivity contribution in [3.05, 3.63) is 46.1 Å². The highest BCUT2D eigenvalue weighted by Gasteiger charge is 2.22. The second kappa shape index (κ2) is 9.15. The molecule has 0 aliphatic heterocycles. The number of rotatable bonds is 7. The van der Waals surface area contributed by atoms with E-state index in [-0.39, 0.29) is 0 Å². The van der Waals surface area contributed by atoms with Gasteiger partial charge in [0.1, 0.15) is 26.9 Å². The topological polar surface area (TPSA) is 98.3 Å². The van der Waals surface area contributed by atoms with Gasteiger partial charge in [-0.2, -0.15) is 4.98 Å². The molecule has 0 aliphatic rings. The number of para-hydroxylation sites is 1. The van der Waals surface area contributed by atoms with E-state index < -0.39 is 0 Å². The molecule has 0 saturated heterocycles. The van der Waals surface area contributed by atoms with Crippen LogP contribution in [-0.2, 0) is 4.79 Å². The Morgan fingerprint density at radius 2 is 1.81 bits per heavy atom. The predicted molar refractivity (Wildman–Crippen MR) is 128 cm³/mol. The number of benzene rings is 2. The normalized spacial score (nSPS) is 10.8. The van der Waals surface area contributed by atoms with Crippen LogP contribution in [0.1, 0.15) is 5.56 Å². The van der Waals surface area contributed by atoms with Gasteiger partial charge in [0.15, 0.2) is 0 Å². The van der Waals surface area contributed by atoms with Gasteiger partial charge in [0.25, 0.3) is 0 Å². The molecule has 0 bridgehead atoms. The summed E-state index contributed by atoms with van der Waals surface area (Å²) in [6.45, 7) is 1.92. The van der Waals surface area contributed by atoms with Gasteiger partial charge < -0.3 is 20.1 Å². The largest absolute Gasteiger partial charge is 0.495 e. The molecule has 4 rings (SSSR count). The molecule has 2 N–H and O–H groups in total. The van der Waals surface area contributed by atoms with Gasteiger partial charge in [0.05, 0.1) is 47.4 Å². The quantitative estimate of drug-likeness (QED) is 0.321. The minimum Gasteiger partial charge on any atom is -0.495 e. The van der Waals surface area contributed by atoms with E-state index in [1.807, 2.05) is 19.1 Å². The zero-order valence-corrected chi connectivity index (χ0v) is 19.5. The van der Waals surface area contributed by atoms with Gasteiger partial charge in [-0.05, 0) is 18.6 Å². The standard InChI is InChI=1S/C21H17Cl2N5O3S/c1-10-5-4-6-11(25-9-29)18(10)27-21-24-8-12-19(28-21)32-20(26-12)15-16(22)13(30-2)7-14(31-3)17(15)23/h4-9H,1-3H3,(H,25,29)(H,24,27,28). The van der Waals surface area contributed by atoms with E-state index in [0.717, 1.165) is 5.56 Å². The zero-order chi connectivity index (χ0) is 22.8. The summed E-state index contributed by atoms with van der Waals surface area (Å²) in [6, 6.07) is 7.17. The zero-order valence-electron chi connectivity index (χ0n) is 17.2. The summed E-state index contributed by atoms with van der Waals surface area (Å²) in [6.07, 6.45) is 2.23. The van der Waals surface area contributed by atoms with Gasteiger partial charge >= 0.3 is 0 Å². The minimum atomic E-state index is 0.327. The third-order valence-corrected chi connectivity index (χ3v) is 6.40. The van der Waals surface area contributed by atoms with Crippen LogP contribution in [0, 0.1) is 6.92 Å². The lowest BCUT2D eigenvalue weighted by Gasteiger charge is -2.12. The molecule has 0 unspecified atom stereocenters. The summed E-state index contributed by atoms with van der Waals surface area (Å²) in [5, 5.41) is 7.05. The van der Waals surface area contributed by atoms with Crippen LogP contribution in [0.2, 0.25) is 10.0 Å². The first-order valence-corrected chi connectivity index (χ1v) is 10.8. The van der Waals surface area contributed by atoms with Crippen LogP contribution in [0.15, 0.2) is 30.5 Å². The Kier molecular flexibility index (Phi) is 6.31. The van der Waals surface area contributed by atoms with Crippen molar-refractivity contribution < 1.29 is 14.3 Å². The van der Waals surface area contributed by atoms with Crippen molar-refractivity contribution in [3.63, 3.8) is 0 Å². The number of nitrogens with one attached hydrogen (secondary N) is 2.